The van der Waals surface area contributed by atoms with Gasteiger partial charge in [0.25, 0.3) is 0 Å². The van der Waals surface area contributed by atoms with E-state index in [0.717, 1.165) is 61.1 Å². The number of amidine groups is 1. The zero-order valence-corrected chi connectivity index (χ0v) is 28.1. The number of aliphatic imine (C=N–C) groups is 2. The standard InChI is InChI=1S/C47H33N3O/c1-31(48-47(34-16-7-4-8-17-34)49-32(2)36-24-26-41-40-21-10-12-23-45(40)51-46(41)30-36)35-18-13-19-38(28-35)50-43-22-11-9-20-39(43)42-29-37(25-27-44(42)50)33-14-5-3-6-15-33/h3-30H,1H2,2H3. The Balaban J connectivity index is 1.11. The summed E-state index contributed by atoms with van der Waals surface area (Å²) in [5, 5.41) is 4.62. The predicted molar refractivity (Wildman–Crippen MR) is 214 cm³/mol. The molecule has 0 amide bonds. The van der Waals surface area contributed by atoms with Gasteiger partial charge in [-0.3, -0.25) is 0 Å². The van der Waals surface area contributed by atoms with Crippen molar-refractivity contribution in [1.82, 2.24) is 4.57 Å². The molecular formula is C47H33N3O. The predicted octanol–water partition coefficient (Wildman–Crippen LogP) is 12.3. The number of hydrogen-bond donors (Lipinski definition) is 0. The lowest BCUT2D eigenvalue weighted by Crippen LogP contribution is -2.04. The Labute approximate surface area is 296 Å². The number of furan rings is 1. The average Bonchev–Trinajstić information content (AvgIpc) is 3.73. The summed E-state index contributed by atoms with van der Waals surface area (Å²) in [6.07, 6.45) is 0. The molecule has 0 fully saturated rings. The second-order valence-electron chi connectivity index (χ2n) is 12.8. The molecule has 2 aromatic heterocycles. The van der Waals surface area contributed by atoms with Crippen molar-refractivity contribution >= 4 is 61.0 Å². The van der Waals surface area contributed by atoms with Gasteiger partial charge in [-0.2, -0.15) is 0 Å². The van der Waals surface area contributed by atoms with Crippen LogP contribution < -0.4 is 0 Å². The number of hydrogen-bond acceptors (Lipinski definition) is 2. The van der Waals surface area contributed by atoms with Crippen molar-refractivity contribution < 1.29 is 4.42 Å². The zero-order chi connectivity index (χ0) is 34.3. The van der Waals surface area contributed by atoms with Gasteiger partial charge in [0, 0.05) is 44.1 Å². The van der Waals surface area contributed by atoms with Crippen LogP contribution in [0.1, 0.15) is 23.6 Å². The lowest BCUT2D eigenvalue weighted by atomic mass is 10.0. The molecule has 0 N–H and O–H groups in total. The van der Waals surface area contributed by atoms with Gasteiger partial charge in [0.15, 0.2) is 5.84 Å². The summed E-state index contributed by atoms with van der Waals surface area (Å²) < 4.78 is 8.50. The zero-order valence-electron chi connectivity index (χ0n) is 28.1. The molecule has 0 saturated carbocycles. The molecule has 0 aliphatic carbocycles. The van der Waals surface area contributed by atoms with Crippen LogP contribution >= 0.6 is 0 Å². The highest BCUT2D eigenvalue weighted by Crippen LogP contribution is 2.35. The molecule has 9 rings (SSSR count). The van der Waals surface area contributed by atoms with Crippen molar-refractivity contribution in [3.8, 4) is 16.8 Å². The second kappa shape index (κ2) is 12.6. The number of para-hydroxylation sites is 2. The molecule has 0 bridgehead atoms. The van der Waals surface area contributed by atoms with Crippen LogP contribution in [0.2, 0.25) is 0 Å². The van der Waals surface area contributed by atoms with Gasteiger partial charge in [-0.25, -0.2) is 9.98 Å². The van der Waals surface area contributed by atoms with Crippen LogP contribution in [0, 0.1) is 0 Å². The van der Waals surface area contributed by atoms with Gasteiger partial charge in [0.05, 0.1) is 16.7 Å². The van der Waals surface area contributed by atoms with Gasteiger partial charge in [-0.15, -0.1) is 0 Å². The summed E-state index contributed by atoms with van der Waals surface area (Å²) in [5.41, 5.74) is 11.7. The molecular weight excluding hydrogens is 623 g/mol. The van der Waals surface area contributed by atoms with E-state index in [2.05, 4.69) is 132 Å². The Hall–Kier alpha value is -6.78. The smallest absolute Gasteiger partial charge is 0.160 e. The summed E-state index contributed by atoms with van der Waals surface area (Å²) in [6, 6.07) is 58.8. The topological polar surface area (TPSA) is 42.8 Å². The van der Waals surface area contributed by atoms with Crippen LogP contribution in [0.4, 0.5) is 0 Å². The normalized spacial score (nSPS) is 12.3. The Bertz CT molecular complexity index is 2820. The first kappa shape index (κ1) is 30.3. The molecule has 51 heavy (non-hydrogen) atoms. The van der Waals surface area contributed by atoms with Crippen LogP contribution in [0.3, 0.4) is 0 Å². The van der Waals surface area contributed by atoms with E-state index in [1.54, 1.807) is 0 Å². The Kier molecular flexibility index (Phi) is 7.48. The highest BCUT2D eigenvalue weighted by Gasteiger charge is 2.15. The van der Waals surface area contributed by atoms with E-state index in [-0.39, 0.29) is 0 Å². The maximum atomic E-state index is 6.18. The number of benzene rings is 7. The number of rotatable bonds is 6. The lowest BCUT2D eigenvalue weighted by Gasteiger charge is -2.11. The maximum Gasteiger partial charge on any atom is 0.160 e. The molecule has 4 nitrogen and oxygen atoms in total. The van der Waals surface area contributed by atoms with E-state index in [4.69, 9.17) is 14.4 Å². The molecule has 242 valence electrons. The van der Waals surface area contributed by atoms with E-state index in [9.17, 15) is 0 Å². The fourth-order valence-corrected chi connectivity index (χ4v) is 6.99. The Morgan fingerprint density at radius 1 is 0.490 bits per heavy atom. The minimum Gasteiger partial charge on any atom is -0.456 e. The maximum absolute atomic E-state index is 6.18. The lowest BCUT2D eigenvalue weighted by molar-refractivity contribution is 0.669. The molecule has 4 heteroatoms. The van der Waals surface area contributed by atoms with Crippen molar-refractivity contribution in [2.24, 2.45) is 9.98 Å². The molecule has 0 unspecified atom stereocenters. The number of nitrogens with zero attached hydrogens (tertiary/aromatic N) is 3. The first-order valence-electron chi connectivity index (χ1n) is 17.1. The van der Waals surface area contributed by atoms with Crippen LogP contribution in [-0.4, -0.2) is 16.1 Å². The van der Waals surface area contributed by atoms with E-state index in [1.807, 2.05) is 55.5 Å². The molecule has 0 spiro atoms. The van der Waals surface area contributed by atoms with E-state index >= 15 is 0 Å². The monoisotopic (exact) mass is 655 g/mol. The van der Waals surface area contributed by atoms with Crippen LogP contribution in [0.15, 0.2) is 191 Å². The summed E-state index contributed by atoms with van der Waals surface area (Å²) in [5.74, 6) is 0.596. The summed E-state index contributed by atoms with van der Waals surface area (Å²) in [6.45, 7) is 6.46. The minimum atomic E-state index is 0.596. The Morgan fingerprint density at radius 2 is 1.18 bits per heavy atom. The van der Waals surface area contributed by atoms with Gasteiger partial charge in [-0.1, -0.05) is 128 Å². The molecule has 7 aromatic carbocycles. The van der Waals surface area contributed by atoms with Crippen molar-refractivity contribution in [1.29, 1.82) is 0 Å². The molecule has 0 atom stereocenters. The largest absolute Gasteiger partial charge is 0.456 e. The highest BCUT2D eigenvalue weighted by atomic mass is 16.3. The second-order valence-corrected chi connectivity index (χ2v) is 12.8. The van der Waals surface area contributed by atoms with E-state index in [0.29, 0.717) is 11.5 Å². The fraction of sp³-hybridized carbons (Fsp3) is 0.0213. The average molecular weight is 656 g/mol. The number of aromatic nitrogens is 1. The Morgan fingerprint density at radius 3 is 2.02 bits per heavy atom. The number of fused-ring (bicyclic) bond motifs is 6. The summed E-state index contributed by atoms with van der Waals surface area (Å²) in [7, 11) is 0. The van der Waals surface area contributed by atoms with Crippen molar-refractivity contribution in [3.05, 3.63) is 193 Å². The van der Waals surface area contributed by atoms with E-state index < -0.39 is 0 Å². The van der Waals surface area contributed by atoms with E-state index in [1.165, 1.54) is 21.9 Å². The highest BCUT2D eigenvalue weighted by molar-refractivity contribution is 6.15. The first-order chi connectivity index (χ1) is 25.1. The molecule has 0 saturated heterocycles. The van der Waals surface area contributed by atoms with Crippen LogP contribution in [0.25, 0.3) is 66.3 Å². The third kappa shape index (κ3) is 5.53. The molecule has 0 aliphatic heterocycles. The van der Waals surface area contributed by atoms with Gasteiger partial charge in [0.1, 0.15) is 11.2 Å². The summed E-state index contributed by atoms with van der Waals surface area (Å²) in [4.78, 5) is 10.2. The summed E-state index contributed by atoms with van der Waals surface area (Å²) >= 11 is 0. The third-order valence-corrected chi connectivity index (χ3v) is 9.56. The molecule has 0 aliphatic rings. The van der Waals surface area contributed by atoms with Crippen molar-refractivity contribution in [2.75, 3.05) is 0 Å². The van der Waals surface area contributed by atoms with Crippen molar-refractivity contribution in [3.63, 3.8) is 0 Å². The first-order valence-corrected chi connectivity index (χ1v) is 17.1. The van der Waals surface area contributed by atoms with Crippen LogP contribution in [-0.2, 0) is 0 Å². The van der Waals surface area contributed by atoms with Crippen molar-refractivity contribution in [2.45, 2.75) is 6.92 Å². The fourth-order valence-electron chi connectivity index (χ4n) is 6.99. The third-order valence-electron chi connectivity index (χ3n) is 9.56. The van der Waals surface area contributed by atoms with Gasteiger partial charge < -0.3 is 8.98 Å². The van der Waals surface area contributed by atoms with Gasteiger partial charge >= 0.3 is 0 Å². The minimum absolute atomic E-state index is 0.596. The SMILES string of the molecule is C=C(N=C(N=C(C)c1ccc2c(c1)oc1ccccc12)c1ccccc1)c1cccc(-n2c3ccccc3c3cc(-c4ccccc4)ccc32)c1. The van der Waals surface area contributed by atoms with Gasteiger partial charge in [-0.05, 0) is 72.1 Å². The van der Waals surface area contributed by atoms with Gasteiger partial charge in [0.2, 0.25) is 0 Å². The quantitative estimate of drug-likeness (QED) is 0.130. The molecule has 0 radical (unpaired) electrons. The molecule has 9 aromatic rings. The van der Waals surface area contributed by atoms with Crippen LogP contribution in [0.5, 0.6) is 0 Å². The molecule has 2 heterocycles.